The van der Waals surface area contributed by atoms with Crippen LogP contribution >= 0.6 is 11.6 Å². The maximum atomic E-state index is 6.06. The summed E-state index contributed by atoms with van der Waals surface area (Å²) in [6.45, 7) is 0. The van der Waals surface area contributed by atoms with Gasteiger partial charge in [0.25, 0.3) is 0 Å². The second-order valence-electron chi connectivity index (χ2n) is 6.26. The molecule has 142 valence electrons. The molecule has 4 aromatic rings. The van der Waals surface area contributed by atoms with Crippen molar-refractivity contribution in [1.29, 1.82) is 0 Å². The van der Waals surface area contributed by atoms with Crippen molar-refractivity contribution < 1.29 is 9.47 Å². The lowest BCUT2D eigenvalue weighted by Gasteiger charge is -2.09. The molecule has 0 atom stereocenters. The molecule has 2 heterocycles. The van der Waals surface area contributed by atoms with Crippen molar-refractivity contribution in [3.63, 3.8) is 0 Å². The van der Waals surface area contributed by atoms with E-state index in [4.69, 9.17) is 26.1 Å². The zero-order valence-electron chi connectivity index (χ0n) is 15.7. The first-order valence-corrected chi connectivity index (χ1v) is 9.04. The number of fused-ring (bicyclic) bond motifs is 1. The third kappa shape index (κ3) is 3.34. The van der Waals surface area contributed by atoms with Gasteiger partial charge in [-0.2, -0.15) is 0 Å². The fourth-order valence-corrected chi connectivity index (χ4v) is 3.30. The standard InChI is InChI=1S/C21H19ClN4O2/c1-26-17-11-20(24-15-6-4-5-14(22)10-15)23-12-16(17)25-21(26)13-7-8-18(27-2)19(9-13)28-3/h4-12H,1-3H3,(H,23,24). The lowest BCUT2D eigenvalue weighted by molar-refractivity contribution is 0.355. The summed E-state index contributed by atoms with van der Waals surface area (Å²) < 4.78 is 12.8. The van der Waals surface area contributed by atoms with Gasteiger partial charge in [0, 0.05) is 29.4 Å². The maximum absolute atomic E-state index is 6.06. The quantitative estimate of drug-likeness (QED) is 0.513. The van der Waals surface area contributed by atoms with Gasteiger partial charge < -0.3 is 19.4 Å². The minimum Gasteiger partial charge on any atom is -0.493 e. The van der Waals surface area contributed by atoms with E-state index < -0.39 is 0 Å². The number of anilines is 2. The number of methoxy groups -OCH3 is 2. The van der Waals surface area contributed by atoms with Gasteiger partial charge in [-0.15, -0.1) is 0 Å². The van der Waals surface area contributed by atoms with Gasteiger partial charge in [0.2, 0.25) is 0 Å². The van der Waals surface area contributed by atoms with Crippen LogP contribution in [0.25, 0.3) is 22.4 Å². The topological polar surface area (TPSA) is 61.2 Å². The molecule has 0 bridgehead atoms. The molecule has 0 amide bonds. The van der Waals surface area contributed by atoms with Crippen molar-refractivity contribution in [3.05, 3.63) is 59.8 Å². The van der Waals surface area contributed by atoms with E-state index in [1.165, 1.54) is 0 Å². The van der Waals surface area contributed by atoms with Gasteiger partial charge in [0.15, 0.2) is 11.5 Å². The molecule has 4 rings (SSSR count). The smallest absolute Gasteiger partial charge is 0.161 e. The molecule has 1 N–H and O–H groups in total. The maximum Gasteiger partial charge on any atom is 0.161 e. The normalized spacial score (nSPS) is 10.9. The fraction of sp³-hybridized carbons (Fsp3) is 0.143. The first-order valence-electron chi connectivity index (χ1n) is 8.66. The van der Waals surface area contributed by atoms with Crippen molar-refractivity contribution in [2.45, 2.75) is 0 Å². The Bertz CT molecular complexity index is 1160. The lowest BCUT2D eigenvalue weighted by Crippen LogP contribution is -1.96. The molecule has 0 aliphatic heterocycles. The number of halogens is 1. The Kier molecular flexibility index (Phi) is 4.79. The van der Waals surface area contributed by atoms with Crippen LogP contribution < -0.4 is 14.8 Å². The number of aryl methyl sites for hydroxylation is 1. The number of rotatable bonds is 5. The monoisotopic (exact) mass is 394 g/mol. The Morgan fingerprint density at radius 1 is 1.00 bits per heavy atom. The van der Waals surface area contributed by atoms with E-state index in [2.05, 4.69) is 10.3 Å². The molecule has 0 spiro atoms. The van der Waals surface area contributed by atoms with Crippen LogP contribution in [0.1, 0.15) is 0 Å². The molecule has 0 unspecified atom stereocenters. The van der Waals surface area contributed by atoms with Crippen LogP contribution in [0.4, 0.5) is 11.5 Å². The number of imidazole rings is 1. The van der Waals surface area contributed by atoms with E-state index in [-0.39, 0.29) is 0 Å². The van der Waals surface area contributed by atoms with Crippen molar-refractivity contribution in [3.8, 4) is 22.9 Å². The van der Waals surface area contributed by atoms with Gasteiger partial charge in [-0.3, -0.25) is 0 Å². The summed E-state index contributed by atoms with van der Waals surface area (Å²) in [5.41, 5.74) is 3.58. The highest BCUT2D eigenvalue weighted by Gasteiger charge is 2.14. The highest BCUT2D eigenvalue weighted by molar-refractivity contribution is 6.30. The molecule has 2 aromatic carbocycles. The minimum absolute atomic E-state index is 0.661. The molecule has 6 nitrogen and oxygen atoms in total. The molecular weight excluding hydrogens is 376 g/mol. The Hall–Kier alpha value is -3.25. The Labute approximate surface area is 167 Å². The van der Waals surface area contributed by atoms with Crippen molar-refractivity contribution in [1.82, 2.24) is 14.5 Å². The second kappa shape index (κ2) is 7.40. The van der Waals surface area contributed by atoms with Gasteiger partial charge in [-0.25, -0.2) is 9.97 Å². The molecule has 28 heavy (non-hydrogen) atoms. The van der Waals surface area contributed by atoms with Crippen molar-refractivity contribution >= 4 is 34.1 Å². The molecule has 0 aliphatic rings. The largest absolute Gasteiger partial charge is 0.493 e. The lowest BCUT2D eigenvalue weighted by atomic mass is 10.2. The van der Waals surface area contributed by atoms with E-state index in [1.807, 2.05) is 60.1 Å². The average molecular weight is 395 g/mol. The molecule has 2 aromatic heterocycles. The molecular formula is C21H19ClN4O2. The Balaban J connectivity index is 1.73. The molecule has 0 radical (unpaired) electrons. The molecule has 0 saturated carbocycles. The van der Waals surface area contributed by atoms with Crippen LogP contribution in [0.3, 0.4) is 0 Å². The summed E-state index contributed by atoms with van der Waals surface area (Å²) in [7, 11) is 5.21. The predicted octanol–water partition coefficient (Wildman–Crippen LogP) is 5.05. The number of benzene rings is 2. The number of hydrogen-bond acceptors (Lipinski definition) is 5. The third-order valence-electron chi connectivity index (χ3n) is 4.51. The number of pyridine rings is 1. The van der Waals surface area contributed by atoms with E-state index in [1.54, 1.807) is 20.4 Å². The predicted molar refractivity (Wildman–Crippen MR) is 112 cm³/mol. The van der Waals surface area contributed by atoms with Crippen LogP contribution in [0, 0.1) is 0 Å². The number of nitrogens with zero attached hydrogens (tertiary/aromatic N) is 3. The van der Waals surface area contributed by atoms with Crippen molar-refractivity contribution in [2.24, 2.45) is 7.05 Å². The number of hydrogen-bond donors (Lipinski definition) is 1. The summed E-state index contributed by atoms with van der Waals surface area (Å²) in [5.74, 6) is 2.88. The van der Waals surface area contributed by atoms with Gasteiger partial charge >= 0.3 is 0 Å². The van der Waals surface area contributed by atoms with Gasteiger partial charge in [0.1, 0.15) is 17.2 Å². The molecule has 0 fully saturated rings. The number of ether oxygens (including phenoxy) is 2. The first kappa shape index (κ1) is 18.1. The van der Waals surface area contributed by atoms with Crippen LogP contribution in [0.5, 0.6) is 11.5 Å². The highest BCUT2D eigenvalue weighted by Crippen LogP contribution is 2.33. The minimum atomic E-state index is 0.661. The van der Waals surface area contributed by atoms with Crippen LogP contribution in [-0.4, -0.2) is 28.8 Å². The summed E-state index contributed by atoms with van der Waals surface area (Å²) >= 11 is 6.06. The third-order valence-corrected chi connectivity index (χ3v) is 4.74. The van der Waals surface area contributed by atoms with Crippen LogP contribution in [-0.2, 0) is 7.05 Å². The van der Waals surface area contributed by atoms with Gasteiger partial charge in [-0.05, 0) is 36.4 Å². The zero-order chi connectivity index (χ0) is 19.7. The fourth-order valence-electron chi connectivity index (χ4n) is 3.11. The zero-order valence-corrected chi connectivity index (χ0v) is 16.5. The van der Waals surface area contributed by atoms with E-state index in [0.717, 1.165) is 33.9 Å². The molecule has 0 aliphatic carbocycles. The highest BCUT2D eigenvalue weighted by atomic mass is 35.5. The average Bonchev–Trinajstić information content (AvgIpc) is 3.03. The Morgan fingerprint density at radius 2 is 1.82 bits per heavy atom. The SMILES string of the molecule is COc1ccc(-c2nc3cnc(Nc4cccc(Cl)c4)cc3n2C)cc1OC. The van der Waals surface area contributed by atoms with Crippen molar-refractivity contribution in [2.75, 3.05) is 19.5 Å². The van der Waals surface area contributed by atoms with Gasteiger partial charge in [-0.1, -0.05) is 17.7 Å². The number of aromatic nitrogens is 3. The van der Waals surface area contributed by atoms with Crippen LogP contribution in [0.2, 0.25) is 5.02 Å². The molecule has 7 heteroatoms. The number of nitrogens with one attached hydrogen (secondary N) is 1. The van der Waals surface area contributed by atoms with E-state index in [9.17, 15) is 0 Å². The molecule has 0 saturated heterocycles. The summed E-state index contributed by atoms with van der Waals surface area (Å²) in [4.78, 5) is 9.20. The first-order chi connectivity index (χ1) is 13.6. The summed E-state index contributed by atoms with van der Waals surface area (Å²) in [5, 5.41) is 3.94. The van der Waals surface area contributed by atoms with Crippen LogP contribution in [0.15, 0.2) is 54.7 Å². The van der Waals surface area contributed by atoms with E-state index >= 15 is 0 Å². The second-order valence-corrected chi connectivity index (χ2v) is 6.69. The summed E-state index contributed by atoms with van der Waals surface area (Å²) in [6, 6.07) is 15.2. The summed E-state index contributed by atoms with van der Waals surface area (Å²) in [6.07, 6.45) is 1.76. The van der Waals surface area contributed by atoms with E-state index in [0.29, 0.717) is 16.5 Å². The van der Waals surface area contributed by atoms with Gasteiger partial charge in [0.05, 0.1) is 25.9 Å². The Morgan fingerprint density at radius 3 is 2.57 bits per heavy atom.